The summed E-state index contributed by atoms with van der Waals surface area (Å²) in [7, 11) is 1.76. The molecule has 0 N–H and O–H groups in total. The van der Waals surface area contributed by atoms with Crippen LogP contribution in [-0.2, 0) is 7.05 Å². The van der Waals surface area contributed by atoms with Crippen LogP contribution in [0, 0.1) is 11.8 Å². The monoisotopic (exact) mass is 288 g/mol. The molecule has 2 heterocycles. The quantitative estimate of drug-likeness (QED) is 0.811. The highest BCUT2D eigenvalue weighted by atomic mass is 16.5. The number of carbonyl (C=O) groups is 1. The van der Waals surface area contributed by atoms with Crippen molar-refractivity contribution in [3.63, 3.8) is 0 Å². The topological polar surface area (TPSA) is 73.8 Å². The van der Waals surface area contributed by atoms with Crippen molar-refractivity contribution in [3.8, 4) is 0 Å². The van der Waals surface area contributed by atoms with Crippen LogP contribution in [0.25, 0.3) is 0 Å². The number of ketones is 1. The van der Waals surface area contributed by atoms with Crippen molar-refractivity contribution < 1.29 is 9.32 Å². The van der Waals surface area contributed by atoms with Gasteiger partial charge in [-0.05, 0) is 31.1 Å². The molecule has 1 aliphatic rings. The molecule has 0 aromatic carbocycles. The van der Waals surface area contributed by atoms with E-state index < -0.39 is 0 Å². The minimum atomic E-state index is -0.265. The van der Waals surface area contributed by atoms with Gasteiger partial charge in [0, 0.05) is 19.2 Å². The van der Waals surface area contributed by atoms with E-state index in [1.807, 2.05) is 0 Å². The van der Waals surface area contributed by atoms with Gasteiger partial charge in [0.25, 0.3) is 11.7 Å². The molecule has 2 aromatic heterocycles. The molecule has 3 atom stereocenters. The van der Waals surface area contributed by atoms with Crippen molar-refractivity contribution >= 4 is 5.78 Å². The van der Waals surface area contributed by atoms with Gasteiger partial charge >= 0.3 is 0 Å². The van der Waals surface area contributed by atoms with E-state index in [0.717, 1.165) is 12.8 Å². The molecular formula is C15H20N4O2. The minimum absolute atomic E-state index is 0.0591. The molecule has 0 bridgehead atoms. The Balaban J connectivity index is 1.78. The largest absolute Gasteiger partial charge is 0.330 e. The summed E-state index contributed by atoms with van der Waals surface area (Å²) in [6.07, 6.45) is 6.53. The van der Waals surface area contributed by atoms with Crippen molar-refractivity contribution in [2.75, 3.05) is 0 Å². The number of aromatic nitrogens is 4. The second-order valence-corrected chi connectivity index (χ2v) is 6.30. The van der Waals surface area contributed by atoms with E-state index in [-0.39, 0.29) is 11.7 Å². The summed E-state index contributed by atoms with van der Waals surface area (Å²) in [4.78, 5) is 16.6. The molecular weight excluding hydrogens is 268 g/mol. The summed E-state index contributed by atoms with van der Waals surface area (Å²) in [6, 6.07) is 0. The maximum absolute atomic E-state index is 12.2. The Hall–Kier alpha value is -1.98. The second kappa shape index (κ2) is 5.42. The van der Waals surface area contributed by atoms with Crippen LogP contribution in [-0.4, -0.2) is 25.7 Å². The van der Waals surface area contributed by atoms with Crippen LogP contribution in [0.1, 0.15) is 61.1 Å². The zero-order valence-corrected chi connectivity index (χ0v) is 12.6. The fraction of sp³-hybridized carbons (Fsp3) is 0.600. The van der Waals surface area contributed by atoms with E-state index in [1.54, 1.807) is 17.9 Å². The van der Waals surface area contributed by atoms with Crippen molar-refractivity contribution in [3.05, 3.63) is 29.7 Å². The standard InChI is InChI=1S/C15H20N4O2/c1-9-4-10(2)6-11(5-9)14-17-15(21-18-14)13(20)12-7-16-19(3)8-12/h7-11H,4-6H2,1-3H3/t9-,10+,11?. The number of aryl methyl sites for hydroxylation is 1. The number of carbonyl (C=O) groups excluding carboxylic acids is 1. The fourth-order valence-electron chi connectivity index (χ4n) is 3.31. The summed E-state index contributed by atoms with van der Waals surface area (Å²) in [5.74, 6) is 2.08. The number of hydrogen-bond donors (Lipinski definition) is 0. The van der Waals surface area contributed by atoms with Crippen LogP contribution in [0.3, 0.4) is 0 Å². The normalized spacial score (nSPS) is 26.0. The molecule has 0 aliphatic heterocycles. The first-order valence-corrected chi connectivity index (χ1v) is 7.40. The Kier molecular flexibility index (Phi) is 3.61. The highest BCUT2D eigenvalue weighted by Crippen LogP contribution is 2.37. The third-order valence-electron chi connectivity index (χ3n) is 4.15. The zero-order valence-electron chi connectivity index (χ0n) is 12.6. The molecule has 0 amide bonds. The van der Waals surface area contributed by atoms with Gasteiger partial charge in [-0.25, -0.2) is 0 Å². The van der Waals surface area contributed by atoms with Crippen LogP contribution in [0.5, 0.6) is 0 Å². The molecule has 1 unspecified atom stereocenters. The minimum Gasteiger partial charge on any atom is -0.330 e. The van der Waals surface area contributed by atoms with Crippen molar-refractivity contribution in [2.24, 2.45) is 18.9 Å². The molecule has 21 heavy (non-hydrogen) atoms. The van der Waals surface area contributed by atoms with E-state index in [4.69, 9.17) is 4.52 Å². The Morgan fingerprint density at radius 2 is 2.00 bits per heavy atom. The van der Waals surface area contributed by atoms with Crippen molar-refractivity contribution in [2.45, 2.75) is 39.0 Å². The summed E-state index contributed by atoms with van der Waals surface area (Å²) in [6.45, 7) is 4.51. The Morgan fingerprint density at radius 3 is 2.62 bits per heavy atom. The molecule has 2 aromatic rings. The molecule has 1 saturated carbocycles. The van der Waals surface area contributed by atoms with Crippen LogP contribution in [0.4, 0.5) is 0 Å². The summed E-state index contributed by atoms with van der Waals surface area (Å²) in [5.41, 5.74) is 0.470. The lowest BCUT2D eigenvalue weighted by atomic mass is 9.76. The van der Waals surface area contributed by atoms with Gasteiger partial charge in [-0.1, -0.05) is 19.0 Å². The van der Waals surface area contributed by atoms with E-state index in [2.05, 4.69) is 29.1 Å². The van der Waals surface area contributed by atoms with Gasteiger partial charge in [0.05, 0.1) is 11.8 Å². The fourth-order valence-corrected chi connectivity index (χ4v) is 3.31. The lowest BCUT2D eigenvalue weighted by Crippen LogP contribution is -2.19. The van der Waals surface area contributed by atoms with Gasteiger partial charge in [0.2, 0.25) is 0 Å². The van der Waals surface area contributed by atoms with E-state index in [0.29, 0.717) is 29.1 Å². The smallest absolute Gasteiger partial charge is 0.299 e. The van der Waals surface area contributed by atoms with Gasteiger partial charge in [-0.2, -0.15) is 10.1 Å². The number of nitrogens with zero attached hydrogens (tertiary/aromatic N) is 4. The Labute approximate surface area is 123 Å². The third kappa shape index (κ3) is 2.89. The molecule has 0 saturated heterocycles. The summed E-state index contributed by atoms with van der Waals surface area (Å²) < 4.78 is 6.74. The predicted octanol–water partition coefficient (Wildman–Crippen LogP) is 2.57. The summed E-state index contributed by atoms with van der Waals surface area (Å²) >= 11 is 0. The first-order chi connectivity index (χ1) is 10.0. The number of rotatable bonds is 3. The molecule has 112 valence electrons. The van der Waals surface area contributed by atoms with Crippen molar-refractivity contribution in [1.82, 2.24) is 19.9 Å². The lowest BCUT2D eigenvalue weighted by molar-refractivity contribution is 0.0994. The molecule has 1 fully saturated rings. The van der Waals surface area contributed by atoms with Crippen LogP contribution in [0.2, 0.25) is 0 Å². The number of hydrogen-bond acceptors (Lipinski definition) is 5. The van der Waals surface area contributed by atoms with Gasteiger partial charge in [0.15, 0.2) is 5.82 Å². The van der Waals surface area contributed by atoms with Gasteiger partial charge in [-0.15, -0.1) is 0 Å². The Bertz CT molecular complexity index is 636. The zero-order chi connectivity index (χ0) is 15.0. The SMILES string of the molecule is C[C@@H]1CC(c2noc(C(=O)c3cnn(C)c3)n2)C[C@H](C)C1. The first kappa shape index (κ1) is 14.0. The predicted molar refractivity (Wildman–Crippen MR) is 75.9 cm³/mol. The van der Waals surface area contributed by atoms with E-state index in [9.17, 15) is 4.79 Å². The molecule has 6 heteroatoms. The first-order valence-electron chi connectivity index (χ1n) is 7.40. The highest BCUT2D eigenvalue weighted by Gasteiger charge is 2.29. The maximum Gasteiger partial charge on any atom is 0.299 e. The van der Waals surface area contributed by atoms with Gasteiger partial charge < -0.3 is 4.52 Å². The van der Waals surface area contributed by atoms with Crippen LogP contribution >= 0.6 is 0 Å². The average Bonchev–Trinajstić information content (AvgIpc) is 3.05. The second-order valence-electron chi connectivity index (χ2n) is 6.30. The molecule has 6 nitrogen and oxygen atoms in total. The van der Waals surface area contributed by atoms with E-state index in [1.165, 1.54) is 12.6 Å². The lowest BCUT2D eigenvalue weighted by Gasteiger charge is -2.29. The molecule has 3 rings (SSSR count). The maximum atomic E-state index is 12.2. The molecule has 1 aliphatic carbocycles. The average molecular weight is 288 g/mol. The summed E-state index contributed by atoms with van der Waals surface area (Å²) in [5, 5.41) is 8.01. The van der Waals surface area contributed by atoms with Gasteiger partial charge in [0.1, 0.15) is 0 Å². The highest BCUT2D eigenvalue weighted by molar-refractivity contribution is 6.05. The molecule has 0 spiro atoms. The third-order valence-corrected chi connectivity index (χ3v) is 4.15. The van der Waals surface area contributed by atoms with E-state index >= 15 is 0 Å². The van der Waals surface area contributed by atoms with Crippen LogP contribution in [0.15, 0.2) is 16.9 Å². The molecule has 0 radical (unpaired) electrons. The van der Waals surface area contributed by atoms with Crippen LogP contribution < -0.4 is 0 Å². The Morgan fingerprint density at radius 1 is 1.29 bits per heavy atom. The van der Waals surface area contributed by atoms with Crippen molar-refractivity contribution in [1.29, 1.82) is 0 Å². The van der Waals surface area contributed by atoms with Gasteiger partial charge in [-0.3, -0.25) is 9.48 Å².